The van der Waals surface area contributed by atoms with Gasteiger partial charge in [0.25, 0.3) is 0 Å². The van der Waals surface area contributed by atoms with Crippen molar-refractivity contribution < 1.29 is 14.3 Å². The van der Waals surface area contributed by atoms with E-state index in [4.69, 9.17) is 32.7 Å². The minimum atomic E-state index is -0.353. The molecule has 0 aliphatic carbocycles. The van der Waals surface area contributed by atoms with Crippen LogP contribution in [-0.2, 0) is 9.53 Å². The highest BCUT2D eigenvalue weighted by molar-refractivity contribution is 6.35. The summed E-state index contributed by atoms with van der Waals surface area (Å²) < 4.78 is 10.9. The first kappa shape index (κ1) is 17.8. The summed E-state index contributed by atoms with van der Waals surface area (Å²) in [5.74, 6) is 0.533. The van der Waals surface area contributed by atoms with Crippen molar-refractivity contribution in [2.45, 2.75) is 38.1 Å². The van der Waals surface area contributed by atoms with Gasteiger partial charge in [0, 0.05) is 17.0 Å². The Bertz CT molecular complexity index is 579. The van der Waals surface area contributed by atoms with Crippen LogP contribution in [0.25, 0.3) is 0 Å². The second-order valence-electron chi connectivity index (χ2n) is 6.55. The summed E-state index contributed by atoms with van der Waals surface area (Å²) in [4.78, 5) is 14.5. The van der Waals surface area contributed by atoms with Gasteiger partial charge in [-0.1, -0.05) is 29.6 Å². The number of nitrogens with zero attached hydrogens (tertiary/aromatic N) is 1. The maximum Gasteiger partial charge on any atom is 0.344 e. The van der Waals surface area contributed by atoms with Gasteiger partial charge in [0.2, 0.25) is 0 Å². The lowest BCUT2D eigenvalue weighted by Gasteiger charge is -2.44. The fourth-order valence-corrected chi connectivity index (χ4v) is 4.21. The highest BCUT2D eigenvalue weighted by atomic mass is 35.5. The lowest BCUT2D eigenvalue weighted by molar-refractivity contribution is -0.149. The van der Waals surface area contributed by atoms with E-state index >= 15 is 0 Å². The van der Waals surface area contributed by atoms with Crippen LogP contribution >= 0.6 is 23.2 Å². The molecule has 0 unspecified atom stereocenters. The maximum atomic E-state index is 12.0. The zero-order valence-electron chi connectivity index (χ0n) is 13.7. The molecular formula is C18H23Cl2NO3. The average molecular weight is 372 g/mol. The topological polar surface area (TPSA) is 38.8 Å². The number of halogens is 2. The highest BCUT2D eigenvalue weighted by Gasteiger charge is 2.33. The van der Waals surface area contributed by atoms with E-state index in [0.29, 0.717) is 34.4 Å². The van der Waals surface area contributed by atoms with Crippen molar-refractivity contribution in [2.75, 3.05) is 26.3 Å². The molecule has 2 atom stereocenters. The molecule has 0 saturated carbocycles. The van der Waals surface area contributed by atoms with Crippen molar-refractivity contribution in [3.63, 3.8) is 0 Å². The molecule has 2 heterocycles. The number of hydrogen-bond acceptors (Lipinski definition) is 4. The van der Waals surface area contributed by atoms with Crippen LogP contribution in [-0.4, -0.2) is 43.2 Å². The van der Waals surface area contributed by atoms with E-state index in [0.717, 1.165) is 6.42 Å². The zero-order chi connectivity index (χ0) is 16.9. The maximum absolute atomic E-state index is 12.0. The molecule has 0 aromatic heterocycles. The smallest absolute Gasteiger partial charge is 0.344 e. The normalized spacial score (nSPS) is 24.2. The van der Waals surface area contributed by atoms with Gasteiger partial charge in [0.15, 0.2) is 6.61 Å². The molecule has 0 N–H and O–H groups in total. The Kier molecular flexibility index (Phi) is 6.25. The predicted molar refractivity (Wildman–Crippen MR) is 94.9 cm³/mol. The number of hydrogen-bond donors (Lipinski definition) is 0. The van der Waals surface area contributed by atoms with Crippen molar-refractivity contribution in [2.24, 2.45) is 5.92 Å². The van der Waals surface area contributed by atoms with Gasteiger partial charge in [-0.2, -0.15) is 0 Å². The average Bonchev–Trinajstić information content (AvgIpc) is 2.59. The molecule has 0 amide bonds. The third kappa shape index (κ3) is 4.56. The Morgan fingerprint density at radius 2 is 2.00 bits per heavy atom. The Morgan fingerprint density at radius 1 is 1.17 bits per heavy atom. The first-order chi connectivity index (χ1) is 11.6. The molecule has 0 radical (unpaired) electrons. The minimum Gasteiger partial charge on any atom is -0.480 e. The van der Waals surface area contributed by atoms with Crippen LogP contribution in [0.4, 0.5) is 0 Å². The van der Waals surface area contributed by atoms with Crippen molar-refractivity contribution in [1.29, 1.82) is 0 Å². The molecular weight excluding hydrogens is 349 g/mol. The predicted octanol–water partition coefficient (Wildman–Crippen LogP) is 4.18. The highest BCUT2D eigenvalue weighted by Crippen LogP contribution is 2.31. The van der Waals surface area contributed by atoms with E-state index in [2.05, 4.69) is 4.90 Å². The van der Waals surface area contributed by atoms with Crippen molar-refractivity contribution in [1.82, 2.24) is 4.90 Å². The number of esters is 1. The third-order valence-electron chi connectivity index (χ3n) is 4.93. The quantitative estimate of drug-likeness (QED) is 0.727. The van der Waals surface area contributed by atoms with Gasteiger partial charge >= 0.3 is 5.97 Å². The largest absolute Gasteiger partial charge is 0.480 e. The van der Waals surface area contributed by atoms with E-state index in [1.54, 1.807) is 18.2 Å². The van der Waals surface area contributed by atoms with Crippen LogP contribution in [0.2, 0.25) is 10.0 Å². The van der Waals surface area contributed by atoms with Gasteiger partial charge in [-0.25, -0.2) is 4.79 Å². The fourth-order valence-electron chi connectivity index (χ4n) is 3.74. The number of carbonyl (C=O) groups is 1. The summed E-state index contributed by atoms with van der Waals surface area (Å²) in [6, 6.07) is 5.49. The second kappa shape index (κ2) is 8.41. The number of benzene rings is 1. The molecule has 2 aliphatic rings. The molecule has 2 fully saturated rings. The van der Waals surface area contributed by atoms with Crippen molar-refractivity contribution in [3.8, 4) is 5.75 Å². The van der Waals surface area contributed by atoms with Crippen LogP contribution in [0.15, 0.2) is 18.2 Å². The molecule has 0 spiro atoms. The van der Waals surface area contributed by atoms with Crippen LogP contribution < -0.4 is 4.74 Å². The van der Waals surface area contributed by atoms with E-state index in [9.17, 15) is 4.79 Å². The number of carbonyl (C=O) groups excluding carboxylic acids is 1. The Balaban J connectivity index is 1.45. The van der Waals surface area contributed by atoms with Crippen molar-refractivity contribution in [3.05, 3.63) is 28.2 Å². The lowest BCUT2D eigenvalue weighted by atomic mass is 9.84. The number of ether oxygens (including phenoxy) is 2. The first-order valence-electron chi connectivity index (χ1n) is 8.61. The SMILES string of the molecule is O=C(COc1ccc(Cl)cc1Cl)OC[C@@H]1CCCN2CCCC[C@H]12. The van der Waals surface area contributed by atoms with E-state index in [-0.39, 0.29) is 12.6 Å². The Morgan fingerprint density at radius 3 is 2.83 bits per heavy atom. The van der Waals surface area contributed by atoms with Gasteiger partial charge in [0.1, 0.15) is 5.75 Å². The Hall–Kier alpha value is -0.970. The van der Waals surface area contributed by atoms with Gasteiger partial charge < -0.3 is 9.47 Å². The van der Waals surface area contributed by atoms with Crippen LogP contribution in [0.3, 0.4) is 0 Å². The summed E-state index contributed by atoms with van der Waals surface area (Å²) in [7, 11) is 0. The first-order valence-corrected chi connectivity index (χ1v) is 9.36. The number of rotatable bonds is 5. The number of fused-ring (bicyclic) bond motifs is 1. The van der Waals surface area contributed by atoms with E-state index < -0.39 is 0 Å². The monoisotopic (exact) mass is 371 g/mol. The van der Waals surface area contributed by atoms with E-state index in [1.165, 1.54) is 38.8 Å². The van der Waals surface area contributed by atoms with Gasteiger partial charge in [-0.15, -0.1) is 0 Å². The van der Waals surface area contributed by atoms with E-state index in [1.807, 2.05) is 0 Å². The number of piperidine rings is 2. The van der Waals surface area contributed by atoms with Crippen molar-refractivity contribution >= 4 is 29.2 Å². The van der Waals surface area contributed by atoms with Gasteiger partial charge in [-0.05, 0) is 57.0 Å². The van der Waals surface area contributed by atoms with Crippen LogP contribution in [0.5, 0.6) is 5.75 Å². The molecule has 132 valence electrons. The van der Waals surface area contributed by atoms with Gasteiger partial charge in [-0.3, -0.25) is 4.90 Å². The molecule has 6 heteroatoms. The summed E-state index contributed by atoms with van der Waals surface area (Å²) in [5, 5.41) is 0.921. The van der Waals surface area contributed by atoms with Gasteiger partial charge in [0.05, 0.1) is 11.6 Å². The molecule has 2 aliphatic heterocycles. The lowest BCUT2D eigenvalue weighted by Crippen LogP contribution is -2.49. The van der Waals surface area contributed by atoms with Crippen LogP contribution in [0, 0.1) is 5.92 Å². The molecule has 3 rings (SSSR count). The second-order valence-corrected chi connectivity index (χ2v) is 7.39. The molecule has 24 heavy (non-hydrogen) atoms. The molecule has 0 bridgehead atoms. The summed E-state index contributed by atoms with van der Waals surface area (Å²) in [6.45, 7) is 2.72. The fraction of sp³-hybridized carbons (Fsp3) is 0.611. The summed E-state index contributed by atoms with van der Waals surface area (Å²) >= 11 is 11.9. The molecule has 1 aromatic carbocycles. The minimum absolute atomic E-state index is 0.136. The molecule has 4 nitrogen and oxygen atoms in total. The standard InChI is InChI=1S/C18H23Cl2NO3/c19-14-6-7-17(15(20)10-14)23-12-18(22)24-11-13-4-3-9-21-8-2-1-5-16(13)21/h6-7,10,13,16H,1-5,8-9,11-12H2/t13-,16+/m0/s1. The summed E-state index contributed by atoms with van der Waals surface area (Å²) in [5.41, 5.74) is 0. The summed E-state index contributed by atoms with van der Waals surface area (Å²) in [6.07, 6.45) is 6.12. The zero-order valence-corrected chi connectivity index (χ0v) is 15.2. The third-order valence-corrected chi connectivity index (χ3v) is 5.46. The van der Waals surface area contributed by atoms with Crippen LogP contribution in [0.1, 0.15) is 32.1 Å². The Labute approximate surface area is 153 Å². The molecule has 2 saturated heterocycles. The molecule has 1 aromatic rings.